The van der Waals surface area contributed by atoms with E-state index in [0.717, 1.165) is 34.3 Å². The number of hydrogen-bond acceptors (Lipinski definition) is 2. The van der Waals surface area contributed by atoms with Crippen LogP contribution in [0.5, 0.6) is 0 Å². The lowest BCUT2D eigenvalue weighted by atomic mass is 9.78. The Labute approximate surface area is 170 Å². The Morgan fingerprint density at radius 3 is 2.39 bits per heavy atom. The first-order valence-corrected chi connectivity index (χ1v) is 10.0. The number of benzene rings is 2. The quantitative estimate of drug-likeness (QED) is 0.572. The van der Waals surface area contributed by atoms with Crippen molar-refractivity contribution in [2.24, 2.45) is 0 Å². The van der Waals surface area contributed by atoms with Crippen molar-refractivity contribution < 1.29 is 13.9 Å². The summed E-state index contributed by atoms with van der Waals surface area (Å²) < 4.78 is 20.7. The molecule has 4 rings (SSSR count). The summed E-state index contributed by atoms with van der Waals surface area (Å²) in [6, 6.07) is 10.6. The molecule has 1 heterocycles. The summed E-state index contributed by atoms with van der Waals surface area (Å²) in [5.41, 5.74) is 3.60. The zero-order valence-corrected chi connectivity index (χ0v) is 17.6. The molecule has 0 N–H and O–H groups in total. The van der Waals surface area contributed by atoms with Crippen molar-refractivity contribution in [3.05, 3.63) is 63.9 Å². The van der Waals surface area contributed by atoms with E-state index in [1.165, 1.54) is 6.07 Å². The van der Waals surface area contributed by atoms with Crippen molar-refractivity contribution >= 4 is 23.0 Å². The van der Waals surface area contributed by atoms with E-state index in [1.807, 2.05) is 45.9 Å². The summed E-state index contributed by atoms with van der Waals surface area (Å²) in [6.07, 6.45) is 0.876. The van der Waals surface area contributed by atoms with Gasteiger partial charge in [-0.25, -0.2) is 4.39 Å². The molecule has 1 aliphatic carbocycles. The summed E-state index contributed by atoms with van der Waals surface area (Å²) >= 11 is 5.90. The molecule has 0 radical (unpaired) electrons. The second-order valence-electron chi connectivity index (χ2n) is 8.63. The molecule has 0 saturated carbocycles. The summed E-state index contributed by atoms with van der Waals surface area (Å²) in [4.78, 5) is 13.3. The lowest BCUT2D eigenvalue weighted by Gasteiger charge is -2.43. The number of Topliss-reactive ketones (excluding diaryl/α,β-unsaturated/α-hetero) is 1. The smallest absolute Gasteiger partial charge is 0.194 e. The predicted octanol–water partition coefficient (Wildman–Crippen LogP) is 6.56. The fourth-order valence-corrected chi connectivity index (χ4v) is 5.03. The van der Waals surface area contributed by atoms with Gasteiger partial charge in [0.2, 0.25) is 0 Å². The molecule has 1 atom stereocenters. The molecule has 1 unspecified atom stereocenters. The van der Waals surface area contributed by atoms with Crippen LogP contribution in [-0.2, 0) is 9.53 Å². The van der Waals surface area contributed by atoms with Crippen LogP contribution in [0, 0.1) is 5.82 Å². The molecule has 2 nitrogen and oxygen atoms in total. The van der Waals surface area contributed by atoms with Crippen LogP contribution in [0.4, 0.5) is 4.39 Å². The van der Waals surface area contributed by atoms with E-state index >= 15 is 0 Å². The minimum Gasteiger partial charge on any atom is -0.357 e. The first-order valence-electron chi connectivity index (χ1n) is 9.66. The number of ketones is 1. The van der Waals surface area contributed by atoms with Gasteiger partial charge in [0.05, 0.1) is 5.60 Å². The van der Waals surface area contributed by atoms with Crippen molar-refractivity contribution in [1.29, 1.82) is 0 Å². The molecular weight excluding hydrogens is 375 g/mol. The molecule has 1 aliphatic heterocycles. The van der Waals surface area contributed by atoms with Gasteiger partial charge in [0.25, 0.3) is 0 Å². The zero-order chi connectivity index (χ0) is 20.4. The molecule has 2 aliphatic rings. The molecule has 0 fully saturated rings. The Hall–Kier alpha value is -1.97. The first-order chi connectivity index (χ1) is 13.1. The number of carbonyl (C=O) groups excluding carboxylic acids is 1. The molecule has 0 saturated heterocycles. The van der Waals surface area contributed by atoms with Gasteiger partial charge in [0.15, 0.2) is 5.78 Å². The third-order valence-electron chi connectivity index (χ3n) is 5.90. The van der Waals surface area contributed by atoms with Crippen LogP contribution in [0.15, 0.2) is 42.0 Å². The maximum Gasteiger partial charge on any atom is 0.194 e. The minimum atomic E-state index is -0.899. The fraction of sp³-hybridized carbons (Fsp3) is 0.375. The monoisotopic (exact) mass is 398 g/mol. The van der Waals surface area contributed by atoms with Gasteiger partial charge >= 0.3 is 0 Å². The normalized spacial score (nSPS) is 22.2. The van der Waals surface area contributed by atoms with E-state index in [2.05, 4.69) is 6.92 Å². The predicted molar refractivity (Wildman–Crippen MR) is 111 cm³/mol. The SMILES string of the molecule is CCC1C2=C(C(=O)C(C)(C)OC2(C)C)c2cc(-c3ccc(Cl)cc3F)ccc21. The standard InChI is InChI=1S/C24H24ClFO2/c1-6-15-17-9-7-13(16-10-8-14(25)12-19(16)26)11-18(17)20-21(15)23(2,3)28-24(4,5)22(20)27/h7-12,15H,6H2,1-5H3. The summed E-state index contributed by atoms with van der Waals surface area (Å²) in [5.74, 6) is -0.248. The van der Waals surface area contributed by atoms with E-state index < -0.39 is 11.2 Å². The van der Waals surface area contributed by atoms with Crippen molar-refractivity contribution in [3.63, 3.8) is 0 Å². The first kappa shape index (κ1) is 19.4. The van der Waals surface area contributed by atoms with E-state index in [9.17, 15) is 9.18 Å². The molecule has 4 heteroatoms. The Morgan fingerprint density at radius 2 is 1.75 bits per heavy atom. The third kappa shape index (κ3) is 2.75. The van der Waals surface area contributed by atoms with Gasteiger partial charge in [-0.15, -0.1) is 0 Å². The molecule has 0 spiro atoms. The molecule has 0 bridgehead atoms. The lowest BCUT2D eigenvalue weighted by molar-refractivity contribution is -0.153. The van der Waals surface area contributed by atoms with Gasteiger partial charge in [-0.1, -0.05) is 30.7 Å². The van der Waals surface area contributed by atoms with Crippen LogP contribution in [0.1, 0.15) is 58.1 Å². The average molecular weight is 399 g/mol. The van der Waals surface area contributed by atoms with Crippen molar-refractivity contribution in [2.45, 2.75) is 58.2 Å². The maximum atomic E-state index is 14.5. The van der Waals surface area contributed by atoms with Gasteiger partial charge in [-0.05, 0) is 80.6 Å². The molecule has 2 aromatic rings. The number of hydrogen-bond donors (Lipinski definition) is 0. The van der Waals surface area contributed by atoms with Crippen molar-refractivity contribution in [2.75, 3.05) is 0 Å². The van der Waals surface area contributed by atoms with E-state index in [-0.39, 0.29) is 17.5 Å². The number of fused-ring (bicyclic) bond motifs is 2. The third-order valence-corrected chi connectivity index (χ3v) is 6.13. The van der Waals surface area contributed by atoms with Crippen LogP contribution in [0.3, 0.4) is 0 Å². The van der Waals surface area contributed by atoms with Gasteiger partial charge < -0.3 is 4.74 Å². The van der Waals surface area contributed by atoms with E-state index in [1.54, 1.807) is 12.1 Å². The molecule has 0 aromatic heterocycles. The molecule has 146 valence electrons. The average Bonchev–Trinajstić information content (AvgIpc) is 2.93. The van der Waals surface area contributed by atoms with Gasteiger partial charge in [-0.3, -0.25) is 4.79 Å². The zero-order valence-electron chi connectivity index (χ0n) is 16.8. The second-order valence-corrected chi connectivity index (χ2v) is 9.06. The summed E-state index contributed by atoms with van der Waals surface area (Å²) in [6.45, 7) is 9.83. The number of rotatable bonds is 2. The van der Waals surface area contributed by atoms with E-state index in [0.29, 0.717) is 10.6 Å². The van der Waals surface area contributed by atoms with Crippen LogP contribution in [0.25, 0.3) is 16.7 Å². The van der Waals surface area contributed by atoms with Crippen molar-refractivity contribution in [1.82, 2.24) is 0 Å². The number of carbonyl (C=O) groups is 1. The van der Waals surface area contributed by atoms with Crippen LogP contribution in [-0.4, -0.2) is 17.0 Å². The highest BCUT2D eigenvalue weighted by Gasteiger charge is 2.51. The topological polar surface area (TPSA) is 26.3 Å². The number of ether oxygens (including phenoxy) is 1. The van der Waals surface area contributed by atoms with Crippen LogP contribution >= 0.6 is 11.6 Å². The molecule has 0 amide bonds. The Balaban J connectivity index is 1.95. The molecule has 28 heavy (non-hydrogen) atoms. The van der Waals surface area contributed by atoms with E-state index in [4.69, 9.17) is 16.3 Å². The summed E-state index contributed by atoms with van der Waals surface area (Å²) in [5, 5.41) is 0.363. The Bertz CT molecular complexity index is 1030. The molecular formula is C24H24ClFO2. The highest BCUT2D eigenvalue weighted by Crippen LogP contribution is 2.54. The minimum absolute atomic E-state index is 0.00671. The lowest BCUT2D eigenvalue weighted by Crippen LogP contribution is -2.49. The van der Waals surface area contributed by atoms with Gasteiger partial charge in [0.1, 0.15) is 11.4 Å². The second kappa shape index (κ2) is 6.27. The van der Waals surface area contributed by atoms with Crippen LogP contribution < -0.4 is 0 Å². The Kier molecular flexibility index (Phi) is 4.33. The molecule has 2 aromatic carbocycles. The highest BCUT2D eigenvalue weighted by atomic mass is 35.5. The van der Waals surface area contributed by atoms with Crippen LogP contribution in [0.2, 0.25) is 5.02 Å². The highest BCUT2D eigenvalue weighted by molar-refractivity contribution is 6.30. The fourth-order valence-electron chi connectivity index (χ4n) is 4.87. The van der Waals surface area contributed by atoms with Gasteiger partial charge in [-0.2, -0.15) is 0 Å². The maximum absolute atomic E-state index is 14.5. The van der Waals surface area contributed by atoms with Crippen molar-refractivity contribution in [3.8, 4) is 11.1 Å². The summed E-state index contributed by atoms with van der Waals surface area (Å²) in [7, 11) is 0. The largest absolute Gasteiger partial charge is 0.357 e. The van der Waals surface area contributed by atoms with Gasteiger partial charge in [0, 0.05) is 22.1 Å². The number of halogens is 2. The Morgan fingerprint density at radius 1 is 1.04 bits per heavy atom.